The van der Waals surface area contributed by atoms with Crippen molar-refractivity contribution in [3.8, 4) is 0 Å². The second-order valence-corrected chi connectivity index (χ2v) is 7.18. The van der Waals surface area contributed by atoms with Gasteiger partial charge in [0.15, 0.2) is 0 Å². The van der Waals surface area contributed by atoms with Gasteiger partial charge in [-0.15, -0.1) is 0 Å². The molecule has 116 valence electrons. The van der Waals surface area contributed by atoms with Crippen molar-refractivity contribution >= 4 is 39.4 Å². The fourth-order valence-corrected chi connectivity index (χ4v) is 2.62. The van der Waals surface area contributed by atoms with Gasteiger partial charge < -0.3 is 10.1 Å². The molecule has 5 nitrogen and oxygen atoms in total. The second-order valence-electron chi connectivity index (χ2n) is 5.94. The topological polar surface area (TPSA) is 54.5 Å². The van der Waals surface area contributed by atoms with Crippen LogP contribution in [-0.4, -0.2) is 34.3 Å². The van der Waals surface area contributed by atoms with E-state index in [0.717, 1.165) is 17.3 Å². The number of hydrogen-bond acceptors (Lipinski definition) is 4. The fraction of sp³-hybridized carbons (Fsp3) is 0.571. The lowest BCUT2D eigenvalue weighted by atomic mass is 10.2. The third kappa shape index (κ3) is 4.48. The standard InChI is InChI=1S/C14H19BrClN3O2/c1-14(2,3)21-13(20)19-8-4-5-11(19)18-12-9(15)6-7-10(16)17-12/h6-7,11H,4-5,8H2,1-3H3,(H,17,18). The first kappa shape index (κ1) is 16.4. The van der Waals surface area contributed by atoms with Gasteiger partial charge in [0.25, 0.3) is 0 Å². The SMILES string of the molecule is CC(C)(C)OC(=O)N1CCCC1Nc1nc(Cl)ccc1Br. The van der Waals surface area contributed by atoms with Crippen molar-refractivity contribution in [2.75, 3.05) is 11.9 Å². The number of carbonyl (C=O) groups excluding carboxylic acids is 1. The summed E-state index contributed by atoms with van der Waals surface area (Å²) >= 11 is 9.34. The average molecular weight is 377 g/mol. The normalized spacial score (nSPS) is 18.7. The smallest absolute Gasteiger partial charge is 0.411 e. The monoisotopic (exact) mass is 375 g/mol. The highest BCUT2D eigenvalue weighted by Crippen LogP contribution is 2.27. The van der Waals surface area contributed by atoms with Crippen LogP contribution in [0.3, 0.4) is 0 Å². The average Bonchev–Trinajstić information content (AvgIpc) is 2.80. The molecule has 0 spiro atoms. The first-order valence-corrected chi connectivity index (χ1v) is 8.01. The van der Waals surface area contributed by atoms with Gasteiger partial charge in [0.05, 0.1) is 4.47 Å². The van der Waals surface area contributed by atoms with Crippen molar-refractivity contribution in [2.45, 2.75) is 45.4 Å². The van der Waals surface area contributed by atoms with Crippen molar-refractivity contribution in [1.82, 2.24) is 9.88 Å². The largest absolute Gasteiger partial charge is 0.444 e. The van der Waals surface area contributed by atoms with E-state index in [9.17, 15) is 4.79 Å². The molecule has 1 N–H and O–H groups in total. The number of rotatable bonds is 2. The van der Waals surface area contributed by atoms with Crippen molar-refractivity contribution < 1.29 is 9.53 Å². The van der Waals surface area contributed by atoms with E-state index in [1.807, 2.05) is 26.8 Å². The molecule has 2 heterocycles. The van der Waals surface area contributed by atoms with E-state index in [2.05, 4.69) is 26.2 Å². The van der Waals surface area contributed by atoms with E-state index in [0.29, 0.717) is 17.5 Å². The van der Waals surface area contributed by atoms with Crippen molar-refractivity contribution in [3.63, 3.8) is 0 Å². The molecule has 1 aliphatic heterocycles. The Bertz CT molecular complexity index is 533. The predicted octanol–water partition coefficient (Wildman–Crippen LogP) is 4.27. The Morgan fingerprint density at radius 1 is 1.52 bits per heavy atom. The van der Waals surface area contributed by atoms with Gasteiger partial charge in [0.2, 0.25) is 0 Å². The molecular weight excluding hydrogens is 358 g/mol. The zero-order valence-corrected chi connectivity index (χ0v) is 14.7. The molecule has 2 rings (SSSR count). The lowest BCUT2D eigenvalue weighted by Gasteiger charge is -2.29. The van der Waals surface area contributed by atoms with E-state index in [4.69, 9.17) is 16.3 Å². The minimum atomic E-state index is -0.501. The molecule has 0 radical (unpaired) electrons. The molecule has 1 aromatic heterocycles. The summed E-state index contributed by atoms with van der Waals surface area (Å²) in [5.41, 5.74) is -0.501. The first-order chi connectivity index (χ1) is 9.76. The molecule has 0 bridgehead atoms. The molecule has 1 atom stereocenters. The van der Waals surface area contributed by atoms with Gasteiger partial charge in [-0.25, -0.2) is 9.78 Å². The highest BCUT2D eigenvalue weighted by Gasteiger charge is 2.32. The lowest BCUT2D eigenvalue weighted by Crippen LogP contribution is -2.43. The molecule has 0 aliphatic carbocycles. The van der Waals surface area contributed by atoms with Crippen molar-refractivity contribution in [1.29, 1.82) is 0 Å². The Kier molecular flexibility index (Phi) is 4.99. The molecule has 0 saturated carbocycles. The van der Waals surface area contributed by atoms with Crippen LogP contribution in [0.5, 0.6) is 0 Å². The van der Waals surface area contributed by atoms with Gasteiger partial charge in [-0.1, -0.05) is 11.6 Å². The van der Waals surface area contributed by atoms with Crippen LogP contribution in [0.2, 0.25) is 5.15 Å². The highest BCUT2D eigenvalue weighted by atomic mass is 79.9. The number of ether oxygens (including phenoxy) is 1. The van der Waals surface area contributed by atoms with Gasteiger partial charge >= 0.3 is 6.09 Å². The third-order valence-electron chi connectivity index (χ3n) is 3.00. The summed E-state index contributed by atoms with van der Waals surface area (Å²) in [6.07, 6.45) is 1.33. The number of nitrogens with one attached hydrogen (secondary N) is 1. The zero-order chi connectivity index (χ0) is 15.6. The highest BCUT2D eigenvalue weighted by molar-refractivity contribution is 9.10. The van der Waals surface area contributed by atoms with Crippen LogP contribution in [0, 0.1) is 0 Å². The van der Waals surface area contributed by atoms with E-state index < -0.39 is 5.60 Å². The number of aromatic nitrogens is 1. The molecule has 1 aliphatic rings. The van der Waals surface area contributed by atoms with Gasteiger partial charge in [-0.3, -0.25) is 4.90 Å². The third-order valence-corrected chi connectivity index (χ3v) is 3.85. The summed E-state index contributed by atoms with van der Waals surface area (Å²) in [5, 5.41) is 3.65. The molecule has 1 aromatic rings. The van der Waals surface area contributed by atoms with Gasteiger partial charge in [-0.2, -0.15) is 0 Å². The van der Waals surface area contributed by atoms with E-state index in [1.165, 1.54) is 0 Å². The minimum Gasteiger partial charge on any atom is -0.444 e. The maximum Gasteiger partial charge on any atom is 0.411 e. The van der Waals surface area contributed by atoms with Gasteiger partial charge in [0.1, 0.15) is 22.7 Å². The number of halogens is 2. The van der Waals surface area contributed by atoms with Crippen LogP contribution in [0.4, 0.5) is 10.6 Å². The van der Waals surface area contributed by atoms with Crippen molar-refractivity contribution in [2.24, 2.45) is 0 Å². The molecule has 1 amide bonds. The van der Waals surface area contributed by atoms with Crippen LogP contribution in [-0.2, 0) is 4.74 Å². The van der Waals surface area contributed by atoms with E-state index in [1.54, 1.807) is 11.0 Å². The van der Waals surface area contributed by atoms with Crippen LogP contribution >= 0.6 is 27.5 Å². The molecular formula is C14H19BrClN3O2. The second kappa shape index (κ2) is 6.40. The molecule has 7 heteroatoms. The van der Waals surface area contributed by atoms with Crippen molar-refractivity contribution in [3.05, 3.63) is 21.8 Å². The predicted molar refractivity (Wildman–Crippen MR) is 86.5 cm³/mol. The maximum absolute atomic E-state index is 12.2. The number of anilines is 1. The van der Waals surface area contributed by atoms with E-state index >= 15 is 0 Å². The van der Waals surface area contributed by atoms with E-state index in [-0.39, 0.29) is 12.3 Å². The lowest BCUT2D eigenvalue weighted by molar-refractivity contribution is 0.0244. The molecule has 1 saturated heterocycles. The Morgan fingerprint density at radius 3 is 2.90 bits per heavy atom. The zero-order valence-electron chi connectivity index (χ0n) is 12.3. The summed E-state index contributed by atoms with van der Waals surface area (Å²) in [4.78, 5) is 18.1. The molecule has 21 heavy (non-hydrogen) atoms. The Hall–Kier alpha value is -1.01. The number of nitrogens with zero attached hydrogens (tertiary/aromatic N) is 2. The first-order valence-electron chi connectivity index (χ1n) is 6.84. The number of likely N-dealkylation sites (tertiary alicyclic amines) is 1. The summed E-state index contributed by atoms with van der Waals surface area (Å²) in [5.74, 6) is 0.628. The van der Waals surface area contributed by atoms with Crippen LogP contribution in [0.25, 0.3) is 0 Å². The Labute approximate surface area is 138 Å². The number of carbonyl (C=O) groups is 1. The molecule has 1 fully saturated rings. The fourth-order valence-electron chi connectivity index (χ4n) is 2.13. The van der Waals surface area contributed by atoms with Crippen LogP contribution in [0.1, 0.15) is 33.6 Å². The minimum absolute atomic E-state index is 0.137. The number of pyridine rings is 1. The summed E-state index contributed by atoms with van der Waals surface area (Å²) < 4.78 is 6.24. The summed E-state index contributed by atoms with van der Waals surface area (Å²) in [6, 6.07) is 3.53. The van der Waals surface area contributed by atoms with Crippen LogP contribution < -0.4 is 5.32 Å². The quantitative estimate of drug-likeness (QED) is 0.783. The summed E-state index contributed by atoms with van der Waals surface area (Å²) in [6.45, 7) is 6.25. The summed E-state index contributed by atoms with van der Waals surface area (Å²) in [7, 11) is 0. The maximum atomic E-state index is 12.2. The molecule has 1 unspecified atom stereocenters. The Morgan fingerprint density at radius 2 is 2.24 bits per heavy atom. The van der Waals surface area contributed by atoms with Crippen LogP contribution in [0.15, 0.2) is 16.6 Å². The number of hydrogen-bond donors (Lipinski definition) is 1. The molecule has 0 aromatic carbocycles. The number of amides is 1. The van der Waals surface area contributed by atoms with Gasteiger partial charge in [0, 0.05) is 6.54 Å². The van der Waals surface area contributed by atoms with Gasteiger partial charge in [-0.05, 0) is 61.7 Å². The Balaban J connectivity index is 2.08.